The Morgan fingerprint density at radius 3 is 3.00 bits per heavy atom. The maximum absolute atomic E-state index is 10.2. The van der Waals surface area contributed by atoms with E-state index in [9.17, 15) is 4.79 Å². The lowest BCUT2D eigenvalue weighted by molar-refractivity contribution is -0.142. The number of carbonyl (C=O) groups is 1. The number of rotatable bonds is 5. The maximum atomic E-state index is 10.2. The van der Waals surface area contributed by atoms with Gasteiger partial charge in [-0.3, -0.25) is 0 Å². The lowest BCUT2D eigenvalue weighted by Gasteiger charge is -2.14. The zero-order valence-electron chi connectivity index (χ0n) is 8.30. The van der Waals surface area contributed by atoms with Gasteiger partial charge in [0.2, 0.25) is 0 Å². The molecule has 5 heteroatoms. The van der Waals surface area contributed by atoms with Gasteiger partial charge in [-0.1, -0.05) is 0 Å². The number of ether oxygens (including phenoxy) is 1. The number of carboxylic acid groups (broad SMARTS) is 1. The van der Waals surface area contributed by atoms with E-state index in [1.54, 1.807) is 6.20 Å². The third kappa shape index (κ3) is 2.85. The molecule has 1 aromatic rings. The van der Waals surface area contributed by atoms with Crippen molar-refractivity contribution in [3.05, 3.63) is 18.2 Å². The van der Waals surface area contributed by atoms with Crippen LogP contribution in [0.4, 0.5) is 0 Å². The van der Waals surface area contributed by atoms with Crippen LogP contribution in [0.1, 0.15) is 18.8 Å². The summed E-state index contributed by atoms with van der Waals surface area (Å²) >= 11 is 0. The SMILES string of the molecule is Cc1nccn1[C@@H](C)COCC(=O)O. The molecule has 0 saturated carbocycles. The minimum atomic E-state index is -0.945. The largest absolute Gasteiger partial charge is 0.480 e. The molecule has 0 spiro atoms. The van der Waals surface area contributed by atoms with Crippen molar-refractivity contribution in [1.82, 2.24) is 9.55 Å². The standard InChI is InChI=1S/C9H14N2O3/c1-7(5-14-6-9(12)13)11-4-3-10-8(11)2/h3-4,7H,5-6H2,1-2H3,(H,12,13)/t7-/m0/s1. The molecule has 0 fully saturated rings. The molecule has 1 aromatic heterocycles. The van der Waals surface area contributed by atoms with E-state index in [2.05, 4.69) is 4.98 Å². The van der Waals surface area contributed by atoms with Crippen LogP contribution in [0.3, 0.4) is 0 Å². The van der Waals surface area contributed by atoms with Crippen molar-refractivity contribution >= 4 is 5.97 Å². The minimum absolute atomic E-state index is 0.108. The predicted molar refractivity (Wildman–Crippen MR) is 50.1 cm³/mol. The summed E-state index contributed by atoms with van der Waals surface area (Å²) in [5.41, 5.74) is 0. The second kappa shape index (κ2) is 4.76. The molecule has 5 nitrogen and oxygen atoms in total. The Morgan fingerprint density at radius 1 is 1.79 bits per heavy atom. The van der Waals surface area contributed by atoms with Gasteiger partial charge in [0.05, 0.1) is 12.6 Å². The molecule has 0 aliphatic rings. The quantitative estimate of drug-likeness (QED) is 0.761. The minimum Gasteiger partial charge on any atom is -0.480 e. The maximum Gasteiger partial charge on any atom is 0.329 e. The highest BCUT2D eigenvalue weighted by Gasteiger charge is 2.07. The van der Waals surface area contributed by atoms with Gasteiger partial charge in [0.25, 0.3) is 0 Å². The van der Waals surface area contributed by atoms with Crippen LogP contribution in [0.25, 0.3) is 0 Å². The topological polar surface area (TPSA) is 64.4 Å². The smallest absolute Gasteiger partial charge is 0.329 e. The van der Waals surface area contributed by atoms with E-state index < -0.39 is 5.97 Å². The van der Waals surface area contributed by atoms with E-state index >= 15 is 0 Å². The van der Waals surface area contributed by atoms with Gasteiger partial charge in [0.1, 0.15) is 12.4 Å². The summed E-state index contributed by atoms with van der Waals surface area (Å²) in [4.78, 5) is 14.3. The molecule has 0 aliphatic heterocycles. The third-order valence-corrected chi connectivity index (χ3v) is 1.92. The average molecular weight is 198 g/mol. The van der Waals surface area contributed by atoms with Gasteiger partial charge in [-0.2, -0.15) is 0 Å². The number of aryl methyl sites for hydroxylation is 1. The molecule has 0 saturated heterocycles. The monoisotopic (exact) mass is 198 g/mol. The Kier molecular flexibility index (Phi) is 3.64. The van der Waals surface area contributed by atoms with Gasteiger partial charge in [0.15, 0.2) is 0 Å². The van der Waals surface area contributed by atoms with Crippen LogP contribution in [0.15, 0.2) is 12.4 Å². The van der Waals surface area contributed by atoms with Crippen LogP contribution in [0.2, 0.25) is 0 Å². The number of hydrogen-bond donors (Lipinski definition) is 1. The molecule has 1 atom stereocenters. The number of imidazole rings is 1. The molecule has 0 aliphatic carbocycles. The first-order chi connectivity index (χ1) is 6.61. The molecule has 78 valence electrons. The van der Waals surface area contributed by atoms with Crippen LogP contribution < -0.4 is 0 Å². The van der Waals surface area contributed by atoms with E-state index in [-0.39, 0.29) is 12.6 Å². The molecule has 0 aromatic carbocycles. The van der Waals surface area contributed by atoms with Gasteiger partial charge in [-0.15, -0.1) is 0 Å². The lowest BCUT2D eigenvalue weighted by Crippen LogP contribution is -2.16. The second-order valence-electron chi connectivity index (χ2n) is 3.14. The summed E-state index contributed by atoms with van der Waals surface area (Å²) in [5, 5.41) is 8.37. The predicted octanol–water partition coefficient (Wildman–Crippen LogP) is 0.854. The van der Waals surface area contributed by atoms with E-state index in [0.29, 0.717) is 6.61 Å². The van der Waals surface area contributed by atoms with Gasteiger partial charge >= 0.3 is 5.97 Å². The summed E-state index contributed by atoms with van der Waals surface area (Å²) in [6.07, 6.45) is 3.56. The van der Waals surface area contributed by atoms with Crippen molar-refractivity contribution in [3.63, 3.8) is 0 Å². The number of aromatic nitrogens is 2. The van der Waals surface area contributed by atoms with E-state index in [1.165, 1.54) is 0 Å². The Hall–Kier alpha value is -1.36. The first-order valence-corrected chi connectivity index (χ1v) is 4.40. The molecule has 0 amide bonds. The van der Waals surface area contributed by atoms with E-state index in [0.717, 1.165) is 5.82 Å². The van der Waals surface area contributed by atoms with E-state index in [4.69, 9.17) is 9.84 Å². The zero-order chi connectivity index (χ0) is 10.6. The summed E-state index contributed by atoms with van der Waals surface area (Å²) in [5.74, 6) is -0.0454. The summed E-state index contributed by atoms with van der Waals surface area (Å²) in [7, 11) is 0. The van der Waals surface area contributed by atoms with Gasteiger partial charge in [-0.05, 0) is 13.8 Å². The van der Waals surface area contributed by atoms with Crippen molar-refractivity contribution < 1.29 is 14.6 Å². The van der Waals surface area contributed by atoms with Crippen LogP contribution in [-0.2, 0) is 9.53 Å². The molecular weight excluding hydrogens is 184 g/mol. The number of aliphatic carboxylic acids is 1. The average Bonchev–Trinajstić information content (AvgIpc) is 2.50. The van der Waals surface area contributed by atoms with Crippen molar-refractivity contribution in [2.45, 2.75) is 19.9 Å². The van der Waals surface area contributed by atoms with Crippen LogP contribution in [0.5, 0.6) is 0 Å². The Labute approximate surface area is 82.3 Å². The molecule has 1 rings (SSSR count). The van der Waals surface area contributed by atoms with Crippen molar-refractivity contribution in [1.29, 1.82) is 0 Å². The Morgan fingerprint density at radius 2 is 2.50 bits per heavy atom. The lowest BCUT2D eigenvalue weighted by atomic mass is 10.3. The molecular formula is C9H14N2O3. The molecule has 0 unspecified atom stereocenters. The van der Waals surface area contributed by atoms with Crippen LogP contribution in [-0.4, -0.2) is 33.8 Å². The normalized spacial score (nSPS) is 12.7. The van der Waals surface area contributed by atoms with Gasteiger partial charge in [-0.25, -0.2) is 9.78 Å². The number of nitrogens with zero attached hydrogens (tertiary/aromatic N) is 2. The van der Waals surface area contributed by atoms with Gasteiger partial charge in [0, 0.05) is 12.4 Å². The number of carboxylic acids is 1. The Balaban J connectivity index is 2.39. The van der Waals surface area contributed by atoms with Crippen LogP contribution in [0, 0.1) is 6.92 Å². The fraction of sp³-hybridized carbons (Fsp3) is 0.556. The summed E-state index contributed by atoms with van der Waals surface area (Å²) in [6.45, 7) is 3.98. The molecule has 14 heavy (non-hydrogen) atoms. The molecule has 1 heterocycles. The van der Waals surface area contributed by atoms with Crippen molar-refractivity contribution in [2.24, 2.45) is 0 Å². The molecule has 1 N–H and O–H groups in total. The highest BCUT2D eigenvalue weighted by atomic mass is 16.5. The first kappa shape index (κ1) is 10.7. The van der Waals surface area contributed by atoms with Crippen molar-refractivity contribution in [3.8, 4) is 0 Å². The Bertz CT molecular complexity index is 309. The summed E-state index contributed by atoms with van der Waals surface area (Å²) in [6, 6.07) is 0.108. The first-order valence-electron chi connectivity index (χ1n) is 4.40. The second-order valence-corrected chi connectivity index (χ2v) is 3.14. The fourth-order valence-corrected chi connectivity index (χ4v) is 1.25. The van der Waals surface area contributed by atoms with Gasteiger partial charge < -0.3 is 14.4 Å². The van der Waals surface area contributed by atoms with Crippen molar-refractivity contribution in [2.75, 3.05) is 13.2 Å². The third-order valence-electron chi connectivity index (χ3n) is 1.92. The number of hydrogen-bond acceptors (Lipinski definition) is 3. The molecule has 0 radical (unpaired) electrons. The summed E-state index contributed by atoms with van der Waals surface area (Å²) < 4.78 is 6.93. The van der Waals surface area contributed by atoms with E-state index in [1.807, 2.05) is 24.6 Å². The highest BCUT2D eigenvalue weighted by molar-refractivity contribution is 5.67. The zero-order valence-corrected chi connectivity index (χ0v) is 8.30. The fourth-order valence-electron chi connectivity index (χ4n) is 1.25. The molecule has 0 bridgehead atoms. The highest BCUT2D eigenvalue weighted by Crippen LogP contribution is 2.08. The van der Waals surface area contributed by atoms with Crippen LogP contribution >= 0.6 is 0 Å².